The minimum Gasteiger partial charge on any atom is -0.465 e. The van der Waals surface area contributed by atoms with Crippen molar-refractivity contribution in [3.8, 4) is 0 Å². The third-order valence-electron chi connectivity index (χ3n) is 5.26. The van der Waals surface area contributed by atoms with Crippen LogP contribution < -0.4 is 10.9 Å². The molecule has 30 heavy (non-hydrogen) atoms. The molecule has 0 unspecified atom stereocenters. The van der Waals surface area contributed by atoms with Gasteiger partial charge in [0.2, 0.25) is 5.55 Å². The highest BCUT2D eigenvalue weighted by atomic mass is 35.5. The van der Waals surface area contributed by atoms with Crippen LogP contribution in [-0.4, -0.2) is 19.0 Å². The average Bonchev–Trinajstić information content (AvgIpc) is 3.03. The lowest BCUT2D eigenvalue weighted by Gasteiger charge is -2.11. The van der Waals surface area contributed by atoms with Gasteiger partial charge in [-0.15, -0.1) is 11.3 Å². The van der Waals surface area contributed by atoms with E-state index in [1.54, 1.807) is 24.3 Å². The third-order valence-corrected chi connectivity index (χ3v) is 6.70. The molecule has 0 atom stereocenters. The van der Waals surface area contributed by atoms with Crippen molar-refractivity contribution in [2.24, 2.45) is 0 Å². The first-order chi connectivity index (χ1) is 14.5. The van der Waals surface area contributed by atoms with Crippen molar-refractivity contribution < 1.29 is 18.7 Å². The largest absolute Gasteiger partial charge is 0.465 e. The van der Waals surface area contributed by atoms with Gasteiger partial charge in [0.25, 0.3) is 5.91 Å². The topological polar surface area (TPSA) is 92.4 Å². The predicted molar refractivity (Wildman–Crippen MR) is 117 cm³/mol. The summed E-state index contributed by atoms with van der Waals surface area (Å²) in [4.78, 5) is 26.6. The molecule has 2 aromatic heterocycles. The Labute approximate surface area is 182 Å². The normalized spacial score (nSPS) is 13.9. The second kappa shape index (κ2) is 8.62. The molecule has 2 N–H and O–H groups in total. The van der Waals surface area contributed by atoms with Gasteiger partial charge < -0.3 is 14.5 Å². The molecule has 0 saturated heterocycles. The van der Waals surface area contributed by atoms with Gasteiger partial charge in [0, 0.05) is 15.3 Å². The van der Waals surface area contributed by atoms with E-state index >= 15 is 0 Å². The highest BCUT2D eigenvalue weighted by Crippen LogP contribution is 2.37. The van der Waals surface area contributed by atoms with Crippen molar-refractivity contribution in [3.63, 3.8) is 0 Å². The summed E-state index contributed by atoms with van der Waals surface area (Å²) in [7, 11) is 1.34. The monoisotopic (exact) mass is 444 g/mol. The van der Waals surface area contributed by atoms with Gasteiger partial charge in [-0.1, -0.05) is 24.4 Å². The summed E-state index contributed by atoms with van der Waals surface area (Å²) in [6, 6.07) is 6.57. The average molecular weight is 445 g/mol. The van der Waals surface area contributed by atoms with E-state index in [0.717, 1.165) is 49.0 Å². The number of hydrogen-bond donors (Lipinski definition) is 2. The Kier molecular flexibility index (Phi) is 5.92. The quantitative estimate of drug-likeness (QED) is 0.534. The van der Waals surface area contributed by atoms with Crippen LogP contribution in [0.25, 0.3) is 11.0 Å². The van der Waals surface area contributed by atoms with Crippen LogP contribution >= 0.6 is 22.9 Å². The number of fused-ring (bicyclic) bond motifs is 2. The second-order valence-corrected chi connectivity index (χ2v) is 8.78. The first-order valence-corrected chi connectivity index (χ1v) is 11.0. The van der Waals surface area contributed by atoms with Crippen molar-refractivity contribution in [1.29, 1.82) is 5.41 Å². The minimum absolute atomic E-state index is 0.0707. The Morgan fingerprint density at radius 1 is 1.17 bits per heavy atom. The van der Waals surface area contributed by atoms with E-state index in [1.165, 1.54) is 18.4 Å². The van der Waals surface area contributed by atoms with Gasteiger partial charge in [-0.2, -0.15) is 0 Å². The van der Waals surface area contributed by atoms with Gasteiger partial charge in [-0.05, 0) is 55.5 Å². The number of amides is 1. The van der Waals surface area contributed by atoms with Crippen LogP contribution in [0.1, 0.15) is 56.8 Å². The van der Waals surface area contributed by atoms with Crippen molar-refractivity contribution in [2.75, 3.05) is 12.4 Å². The molecule has 1 aromatic carbocycles. The second-order valence-electron chi connectivity index (χ2n) is 7.24. The maximum absolute atomic E-state index is 13.0. The lowest BCUT2D eigenvalue weighted by molar-refractivity contribution is 0.0601. The van der Waals surface area contributed by atoms with E-state index in [4.69, 9.17) is 26.2 Å². The molecular formula is C22H21ClN2O4S. The van der Waals surface area contributed by atoms with Crippen LogP contribution in [0.15, 0.2) is 28.7 Å². The highest BCUT2D eigenvalue weighted by Gasteiger charge is 2.26. The Hall–Kier alpha value is -2.64. The Morgan fingerprint density at radius 3 is 2.70 bits per heavy atom. The summed E-state index contributed by atoms with van der Waals surface area (Å²) in [5.74, 6) is -0.963. The molecule has 0 spiro atoms. The smallest absolute Gasteiger partial charge is 0.341 e. The third kappa shape index (κ3) is 4.00. The van der Waals surface area contributed by atoms with Gasteiger partial charge in [-0.3, -0.25) is 10.2 Å². The van der Waals surface area contributed by atoms with Crippen LogP contribution in [-0.2, 0) is 17.6 Å². The molecule has 1 amide bonds. The van der Waals surface area contributed by atoms with Crippen molar-refractivity contribution in [3.05, 3.63) is 56.4 Å². The van der Waals surface area contributed by atoms with E-state index in [9.17, 15) is 9.59 Å². The molecule has 2 heterocycles. The number of aryl methyl sites for hydroxylation is 1. The number of benzene rings is 1. The Bertz CT molecular complexity index is 1200. The summed E-state index contributed by atoms with van der Waals surface area (Å²) in [5.41, 5.74) is 1.69. The summed E-state index contributed by atoms with van der Waals surface area (Å²) >= 11 is 7.46. The van der Waals surface area contributed by atoms with E-state index in [-0.39, 0.29) is 11.1 Å². The zero-order chi connectivity index (χ0) is 21.3. The molecule has 4 rings (SSSR count). The van der Waals surface area contributed by atoms with E-state index in [1.807, 2.05) is 0 Å². The Balaban J connectivity index is 1.73. The number of hydrogen-bond acceptors (Lipinski definition) is 6. The molecule has 0 bridgehead atoms. The lowest BCUT2D eigenvalue weighted by atomic mass is 9.96. The fourth-order valence-corrected chi connectivity index (χ4v) is 5.23. The van der Waals surface area contributed by atoms with Gasteiger partial charge in [0.1, 0.15) is 16.1 Å². The molecule has 6 nitrogen and oxygen atoms in total. The van der Waals surface area contributed by atoms with Crippen LogP contribution in [0.3, 0.4) is 0 Å². The van der Waals surface area contributed by atoms with Crippen LogP contribution in [0, 0.1) is 5.41 Å². The highest BCUT2D eigenvalue weighted by molar-refractivity contribution is 7.17. The summed E-state index contributed by atoms with van der Waals surface area (Å²) in [5, 5.41) is 12.5. The van der Waals surface area contributed by atoms with Crippen molar-refractivity contribution >= 4 is 50.8 Å². The number of thiophene rings is 1. The van der Waals surface area contributed by atoms with E-state index in [2.05, 4.69) is 5.32 Å². The number of carbonyl (C=O) groups is 2. The molecule has 0 saturated carbocycles. The fraction of sp³-hybridized carbons (Fsp3) is 0.318. The molecule has 0 radical (unpaired) electrons. The molecule has 0 fully saturated rings. The van der Waals surface area contributed by atoms with Gasteiger partial charge in [-0.25, -0.2) is 4.79 Å². The molecule has 3 aromatic rings. The molecule has 156 valence electrons. The maximum atomic E-state index is 13.0. The maximum Gasteiger partial charge on any atom is 0.341 e. The standard InChI is InChI=1S/C22H21ClN2O4S/c1-28-22(27)18-14-6-4-2-3-5-7-17(14)30-21(18)25-20(26)15-11-12-10-13(23)8-9-16(12)29-19(15)24/h8-11,24H,2-7H2,1H3,(H,25,26). The minimum atomic E-state index is -0.509. The molecule has 0 aliphatic heterocycles. The molecule has 1 aliphatic rings. The van der Waals surface area contributed by atoms with Crippen LogP contribution in [0.5, 0.6) is 0 Å². The number of methoxy groups -OCH3 is 1. The van der Waals surface area contributed by atoms with Crippen LogP contribution in [0.2, 0.25) is 5.02 Å². The predicted octanol–water partition coefficient (Wildman–Crippen LogP) is 5.33. The van der Waals surface area contributed by atoms with Crippen molar-refractivity contribution in [1.82, 2.24) is 0 Å². The van der Waals surface area contributed by atoms with Gasteiger partial charge in [0.05, 0.1) is 12.7 Å². The van der Waals surface area contributed by atoms with Crippen molar-refractivity contribution in [2.45, 2.75) is 38.5 Å². The number of ether oxygens (including phenoxy) is 1. The first-order valence-electron chi connectivity index (χ1n) is 9.80. The molecular weight excluding hydrogens is 424 g/mol. The number of nitrogens with one attached hydrogen (secondary N) is 2. The zero-order valence-electron chi connectivity index (χ0n) is 16.5. The van der Waals surface area contributed by atoms with Crippen LogP contribution in [0.4, 0.5) is 5.00 Å². The zero-order valence-corrected chi connectivity index (χ0v) is 18.0. The van der Waals surface area contributed by atoms with Gasteiger partial charge >= 0.3 is 5.97 Å². The lowest BCUT2D eigenvalue weighted by Crippen LogP contribution is -2.21. The summed E-state index contributed by atoms with van der Waals surface area (Å²) in [6.07, 6.45) is 6.02. The van der Waals surface area contributed by atoms with E-state index < -0.39 is 11.9 Å². The SMILES string of the molecule is COC(=O)c1c(NC(=O)c2cc3cc(Cl)ccc3oc2=N)sc2c1CCCCCC2. The molecule has 1 aliphatic carbocycles. The summed E-state index contributed by atoms with van der Waals surface area (Å²) in [6.45, 7) is 0. The van der Waals surface area contributed by atoms with E-state index in [0.29, 0.717) is 26.6 Å². The number of rotatable bonds is 3. The fourth-order valence-electron chi connectivity index (χ4n) is 3.78. The van der Waals surface area contributed by atoms with Gasteiger partial charge in [0.15, 0.2) is 0 Å². The Morgan fingerprint density at radius 2 is 1.93 bits per heavy atom. The summed E-state index contributed by atoms with van der Waals surface area (Å²) < 4.78 is 10.5. The number of halogens is 1. The number of esters is 1. The number of carbonyl (C=O) groups excluding carboxylic acids is 2. The number of anilines is 1. The molecule has 8 heteroatoms. The first kappa shape index (κ1) is 20.6.